The zero-order chi connectivity index (χ0) is 11.3. The highest BCUT2D eigenvalue weighted by Gasteiger charge is 2.22. The Kier molecular flexibility index (Phi) is 4.12. The van der Waals surface area contributed by atoms with Crippen LogP contribution in [0.15, 0.2) is 16.6 Å². The molecule has 1 aromatic rings. The average molecular weight is 240 g/mol. The van der Waals surface area contributed by atoms with Gasteiger partial charge in [0.2, 0.25) is 0 Å². The van der Waals surface area contributed by atoms with Crippen molar-refractivity contribution in [1.29, 1.82) is 5.26 Å². The van der Waals surface area contributed by atoms with E-state index in [0.717, 1.165) is 5.01 Å². The second-order valence-electron chi connectivity index (χ2n) is 3.25. The van der Waals surface area contributed by atoms with E-state index >= 15 is 0 Å². The Hall–Kier alpha value is -1.06. The lowest BCUT2D eigenvalue weighted by molar-refractivity contribution is 0.554. The maximum Gasteiger partial charge on any atom is 0.183 e. The summed E-state index contributed by atoms with van der Waals surface area (Å²) >= 11 is 2.97. The van der Waals surface area contributed by atoms with Crippen molar-refractivity contribution >= 4 is 28.3 Å². The van der Waals surface area contributed by atoms with Crippen molar-refractivity contribution in [2.24, 2.45) is 4.99 Å². The van der Waals surface area contributed by atoms with Crippen LogP contribution >= 0.6 is 23.1 Å². The van der Waals surface area contributed by atoms with E-state index in [1.165, 1.54) is 11.8 Å². The maximum absolute atomic E-state index is 8.53. The second kappa shape index (κ2) is 5.14. The van der Waals surface area contributed by atoms with Crippen molar-refractivity contribution in [3.8, 4) is 6.19 Å². The molecule has 0 bridgehead atoms. The van der Waals surface area contributed by atoms with E-state index in [2.05, 4.69) is 15.3 Å². The highest BCUT2D eigenvalue weighted by atomic mass is 32.2. The molecule has 1 heterocycles. The SMILES string of the molecule is CSC(=NC(C)(C)c1nccs1)NC#N. The first-order chi connectivity index (χ1) is 7.10. The third-order valence-corrected chi connectivity index (χ3v) is 3.36. The number of amidine groups is 1. The Morgan fingerprint density at radius 1 is 1.73 bits per heavy atom. The monoisotopic (exact) mass is 240 g/mol. The Labute approximate surface area is 97.4 Å². The Morgan fingerprint density at radius 2 is 2.47 bits per heavy atom. The minimum Gasteiger partial charge on any atom is -0.272 e. The van der Waals surface area contributed by atoms with Gasteiger partial charge >= 0.3 is 0 Å². The van der Waals surface area contributed by atoms with Gasteiger partial charge in [-0.1, -0.05) is 11.8 Å². The number of aromatic nitrogens is 1. The highest BCUT2D eigenvalue weighted by Crippen LogP contribution is 2.27. The lowest BCUT2D eigenvalue weighted by atomic mass is 10.1. The van der Waals surface area contributed by atoms with Crippen LogP contribution in [0.4, 0.5) is 0 Å². The third kappa shape index (κ3) is 3.22. The van der Waals surface area contributed by atoms with Gasteiger partial charge in [0, 0.05) is 11.6 Å². The van der Waals surface area contributed by atoms with Gasteiger partial charge in [-0.15, -0.1) is 11.3 Å². The minimum absolute atomic E-state index is 0.393. The normalized spacial score (nSPS) is 12.3. The number of hydrogen-bond acceptors (Lipinski definition) is 5. The Bertz CT molecular complexity index is 375. The summed E-state index contributed by atoms with van der Waals surface area (Å²) in [7, 11) is 0. The van der Waals surface area contributed by atoms with Gasteiger partial charge in [0.25, 0.3) is 0 Å². The summed E-state index contributed by atoms with van der Waals surface area (Å²) in [4.78, 5) is 8.68. The fourth-order valence-electron chi connectivity index (χ4n) is 1.000. The van der Waals surface area contributed by atoms with E-state index in [0.29, 0.717) is 5.17 Å². The summed E-state index contributed by atoms with van der Waals surface area (Å²) in [5.74, 6) is 0. The standard InChI is InChI=1S/C9H12N4S2/c1-9(2,7-11-4-5-15-7)13-8(14-3)12-6-10/h4-5H,1-3H3,(H,12,13). The van der Waals surface area contributed by atoms with Crippen LogP contribution < -0.4 is 5.32 Å². The van der Waals surface area contributed by atoms with E-state index in [-0.39, 0.29) is 0 Å². The predicted octanol–water partition coefficient (Wildman–Crippen LogP) is 2.17. The van der Waals surface area contributed by atoms with Crippen LogP contribution in [0.25, 0.3) is 0 Å². The van der Waals surface area contributed by atoms with Gasteiger partial charge in [0.15, 0.2) is 11.4 Å². The second-order valence-corrected chi connectivity index (χ2v) is 4.94. The number of nitrogens with zero attached hydrogens (tertiary/aromatic N) is 3. The molecule has 0 spiro atoms. The molecule has 6 heteroatoms. The van der Waals surface area contributed by atoms with Crippen LogP contribution in [0, 0.1) is 11.5 Å². The van der Waals surface area contributed by atoms with Crippen molar-refractivity contribution in [1.82, 2.24) is 10.3 Å². The van der Waals surface area contributed by atoms with E-state index in [1.54, 1.807) is 17.5 Å². The smallest absolute Gasteiger partial charge is 0.183 e. The van der Waals surface area contributed by atoms with E-state index in [9.17, 15) is 0 Å². The molecule has 0 saturated carbocycles. The predicted molar refractivity (Wildman–Crippen MR) is 64.8 cm³/mol. The summed E-state index contributed by atoms with van der Waals surface area (Å²) in [6.45, 7) is 3.95. The summed E-state index contributed by atoms with van der Waals surface area (Å²) in [5, 5.41) is 14.5. The molecule has 15 heavy (non-hydrogen) atoms. The molecule has 0 aliphatic carbocycles. The Balaban J connectivity index is 2.92. The van der Waals surface area contributed by atoms with E-state index < -0.39 is 5.54 Å². The lowest BCUT2D eigenvalue weighted by Gasteiger charge is -2.17. The van der Waals surface area contributed by atoms with Crippen molar-refractivity contribution < 1.29 is 0 Å². The zero-order valence-electron chi connectivity index (χ0n) is 8.81. The molecular weight excluding hydrogens is 228 g/mol. The van der Waals surface area contributed by atoms with Crippen LogP contribution in [0.3, 0.4) is 0 Å². The van der Waals surface area contributed by atoms with Gasteiger partial charge in [-0.2, -0.15) is 5.26 Å². The molecule has 1 N–H and O–H groups in total. The number of nitriles is 1. The molecule has 0 atom stereocenters. The van der Waals surface area contributed by atoms with Gasteiger partial charge < -0.3 is 0 Å². The molecule has 0 radical (unpaired) electrons. The molecule has 4 nitrogen and oxygen atoms in total. The molecule has 0 saturated heterocycles. The van der Waals surface area contributed by atoms with Crippen molar-refractivity contribution in [2.75, 3.05) is 6.26 Å². The molecular formula is C9H12N4S2. The summed E-state index contributed by atoms with van der Waals surface area (Å²) in [6.07, 6.45) is 5.50. The number of rotatable bonds is 2. The third-order valence-electron chi connectivity index (χ3n) is 1.69. The maximum atomic E-state index is 8.53. The van der Waals surface area contributed by atoms with Crippen LogP contribution in [-0.4, -0.2) is 16.4 Å². The number of thiazole rings is 1. The highest BCUT2D eigenvalue weighted by molar-refractivity contribution is 8.13. The van der Waals surface area contributed by atoms with Crippen LogP contribution in [-0.2, 0) is 5.54 Å². The molecule has 0 unspecified atom stereocenters. The number of aliphatic imine (C=N–C) groups is 1. The minimum atomic E-state index is -0.393. The summed E-state index contributed by atoms with van der Waals surface area (Å²) in [5.41, 5.74) is -0.393. The molecule has 0 aromatic carbocycles. The van der Waals surface area contributed by atoms with Gasteiger partial charge in [-0.05, 0) is 20.1 Å². The van der Waals surface area contributed by atoms with Gasteiger partial charge in [0.1, 0.15) is 10.5 Å². The number of thioether (sulfide) groups is 1. The summed E-state index contributed by atoms with van der Waals surface area (Å²) < 4.78 is 0. The molecule has 80 valence electrons. The van der Waals surface area contributed by atoms with Gasteiger partial charge in [-0.25, -0.2) is 9.98 Å². The van der Waals surface area contributed by atoms with Gasteiger partial charge in [-0.3, -0.25) is 5.32 Å². The molecule has 0 aliphatic heterocycles. The van der Waals surface area contributed by atoms with E-state index in [4.69, 9.17) is 5.26 Å². The first kappa shape index (κ1) is 12.0. The molecule has 0 fully saturated rings. The molecule has 0 amide bonds. The topological polar surface area (TPSA) is 61.1 Å². The summed E-state index contributed by atoms with van der Waals surface area (Å²) in [6, 6.07) is 0. The van der Waals surface area contributed by atoms with E-state index in [1.807, 2.05) is 31.7 Å². The van der Waals surface area contributed by atoms with Crippen molar-refractivity contribution in [2.45, 2.75) is 19.4 Å². The van der Waals surface area contributed by atoms with Crippen molar-refractivity contribution in [3.63, 3.8) is 0 Å². The Morgan fingerprint density at radius 3 is 2.93 bits per heavy atom. The largest absolute Gasteiger partial charge is 0.272 e. The zero-order valence-corrected chi connectivity index (χ0v) is 10.4. The average Bonchev–Trinajstić information content (AvgIpc) is 2.70. The first-order valence-electron chi connectivity index (χ1n) is 4.29. The fraction of sp³-hybridized carbons (Fsp3) is 0.444. The van der Waals surface area contributed by atoms with Gasteiger partial charge in [0.05, 0.1) is 0 Å². The van der Waals surface area contributed by atoms with Crippen molar-refractivity contribution in [3.05, 3.63) is 16.6 Å². The lowest BCUT2D eigenvalue weighted by Crippen LogP contribution is -2.21. The number of nitrogens with one attached hydrogen (secondary N) is 1. The molecule has 1 aromatic heterocycles. The van der Waals surface area contributed by atoms with Crippen LogP contribution in [0.2, 0.25) is 0 Å². The molecule has 1 rings (SSSR count). The first-order valence-corrected chi connectivity index (χ1v) is 6.39. The molecule has 0 aliphatic rings. The number of hydrogen-bond donors (Lipinski definition) is 1. The van der Waals surface area contributed by atoms with Crippen LogP contribution in [0.5, 0.6) is 0 Å². The fourth-order valence-corrected chi connectivity index (χ4v) is 2.17. The van der Waals surface area contributed by atoms with Crippen LogP contribution in [0.1, 0.15) is 18.9 Å². The quantitative estimate of drug-likeness (QED) is 0.372.